The summed E-state index contributed by atoms with van der Waals surface area (Å²) in [4.78, 5) is 23.7. The van der Waals surface area contributed by atoms with Gasteiger partial charge >= 0.3 is 0 Å². The number of nitrogens with one attached hydrogen (secondary N) is 2. The van der Waals surface area contributed by atoms with Crippen LogP contribution in [0, 0.1) is 0 Å². The SMILES string of the molecule is CNc1nc(N)nc(NC(=O)c2ccc(OC)cc2)n1. The molecule has 4 N–H and O–H groups in total. The second kappa shape index (κ2) is 5.83. The second-order valence-electron chi connectivity index (χ2n) is 3.77. The van der Waals surface area contributed by atoms with Crippen LogP contribution in [-0.2, 0) is 0 Å². The molecule has 104 valence electrons. The highest BCUT2D eigenvalue weighted by Crippen LogP contribution is 2.13. The first-order chi connectivity index (χ1) is 9.62. The Balaban J connectivity index is 2.16. The second-order valence-corrected chi connectivity index (χ2v) is 3.77. The fourth-order valence-electron chi connectivity index (χ4n) is 1.48. The van der Waals surface area contributed by atoms with Gasteiger partial charge < -0.3 is 15.8 Å². The minimum absolute atomic E-state index is 0.0226. The van der Waals surface area contributed by atoms with Crippen LogP contribution in [0.25, 0.3) is 0 Å². The molecule has 0 saturated heterocycles. The van der Waals surface area contributed by atoms with E-state index < -0.39 is 0 Å². The highest BCUT2D eigenvalue weighted by Gasteiger charge is 2.10. The molecule has 1 aromatic carbocycles. The van der Waals surface area contributed by atoms with Crippen molar-refractivity contribution in [1.29, 1.82) is 0 Å². The Morgan fingerprint density at radius 1 is 1.15 bits per heavy atom. The molecule has 20 heavy (non-hydrogen) atoms. The summed E-state index contributed by atoms with van der Waals surface area (Å²) in [6, 6.07) is 6.65. The largest absolute Gasteiger partial charge is 0.497 e. The lowest BCUT2D eigenvalue weighted by Gasteiger charge is -2.06. The van der Waals surface area contributed by atoms with Crippen molar-refractivity contribution in [3.63, 3.8) is 0 Å². The number of carbonyl (C=O) groups is 1. The highest BCUT2D eigenvalue weighted by molar-refractivity contribution is 6.03. The van der Waals surface area contributed by atoms with Crippen LogP contribution in [0.5, 0.6) is 5.75 Å². The lowest BCUT2D eigenvalue weighted by Crippen LogP contribution is -2.16. The number of ether oxygens (including phenoxy) is 1. The van der Waals surface area contributed by atoms with E-state index in [1.54, 1.807) is 38.4 Å². The molecule has 1 amide bonds. The number of nitrogens with zero attached hydrogens (tertiary/aromatic N) is 3. The van der Waals surface area contributed by atoms with Crippen LogP contribution in [0.3, 0.4) is 0 Å². The summed E-state index contributed by atoms with van der Waals surface area (Å²) in [6.07, 6.45) is 0. The molecule has 0 aliphatic rings. The molecule has 0 aliphatic carbocycles. The van der Waals surface area contributed by atoms with Gasteiger partial charge in [-0.15, -0.1) is 0 Å². The number of nitrogens with two attached hydrogens (primary N) is 1. The first kappa shape index (κ1) is 13.5. The average molecular weight is 274 g/mol. The Labute approximate surface area is 115 Å². The lowest BCUT2D eigenvalue weighted by atomic mass is 10.2. The molecule has 0 saturated carbocycles. The van der Waals surface area contributed by atoms with Crippen molar-refractivity contribution in [3.05, 3.63) is 29.8 Å². The minimum atomic E-state index is -0.347. The van der Waals surface area contributed by atoms with E-state index in [2.05, 4.69) is 25.6 Å². The lowest BCUT2D eigenvalue weighted by molar-refractivity contribution is 0.102. The molecule has 8 heteroatoms. The van der Waals surface area contributed by atoms with Crippen LogP contribution in [0.1, 0.15) is 10.4 Å². The maximum absolute atomic E-state index is 12.0. The Hall–Kier alpha value is -2.90. The van der Waals surface area contributed by atoms with E-state index in [-0.39, 0.29) is 23.8 Å². The average Bonchev–Trinajstić information content (AvgIpc) is 2.46. The predicted molar refractivity (Wildman–Crippen MR) is 74.7 cm³/mol. The number of benzene rings is 1. The summed E-state index contributed by atoms with van der Waals surface area (Å²) in [5.41, 5.74) is 5.97. The van der Waals surface area contributed by atoms with Crippen molar-refractivity contribution >= 4 is 23.8 Å². The topological polar surface area (TPSA) is 115 Å². The zero-order valence-corrected chi connectivity index (χ0v) is 11.0. The molecule has 1 aromatic heterocycles. The van der Waals surface area contributed by atoms with Crippen molar-refractivity contribution in [2.75, 3.05) is 30.5 Å². The van der Waals surface area contributed by atoms with E-state index >= 15 is 0 Å². The van der Waals surface area contributed by atoms with Crippen molar-refractivity contribution in [3.8, 4) is 5.75 Å². The minimum Gasteiger partial charge on any atom is -0.497 e. The number of methoxy groups -OCH3 is 1. The summed E-state index contributed by atoms with van der Waals surface area (Å²) in [7, 11) is 3.20. The first-order valence-corrected chi connectivity index (χ1v) is 5.77. The van der Waals surface area contributed by atoms with Gasteiger partial charge in [0.1, 0.15) is 5.75 Å². The van der Waals surface area contributed by atoms with E-state index in [1.165, 1.54) is 0 Å². The molecule has 0 aliphatic heterocycles. The molecule has 0 unspecified atom stereocenters. The third kappa shape index (κ3) is 3.10. The van der Waals surface area contributed by atoms with Crippen molar-refractivity contribution in [2.24, 2.45) is 0 Å². The van der Waals surface area contributed by atoms with Gasteiger partial charge in [0.15, 0.2) is 0 Å². The molecule has 0 bridgehead atoms. The van der Waals surface area contributed by atoms with Crippen LogP contribution in [-0.4, -0.2) is 35.0 Å². The molecule has 2 aromatic rings. The normalized spacial score (nSPS) is 9.90. The van der Waals surface area contributed by atoms with Gasteiger partial charge in [-0.3, -0.25) is 10.1 Å². The maximum Gasteiger partial charge on any atom is 0.258 e. The standard InChI is InChI=1S/C12H14N6O2/c1-14-11-16-10(13)17-12(18-11)15-9(19)7-3-5-8(20-2)6-4-7/h3-6H,1-2H3,(H4,13,14,15,16,17,18,19). The van der Waals surface area contributed by atoms with Gasteiger partial charge in [-0.25, -0.2) is 0 Å². The molecule has 0 atom stereocenters. The smallest absolute Gasteiger partial charge is 0.258 e. The van der Waals surface area contributed by atoms with E-state index in [4.69, 9.17) is 10.5 Å². The molecule has 0 spiro atoms. The van der Waals surface area contributed by atoms with Crippen LogP contribution in [0.15, 0.2) is 24.3 Å². The number of rotatable bonds is 4. The molecule has 0 radical (unpaired) electrons. The maximum atomic E-state index is 12.0. The molecular formula is C12H14N6O2. The van der Waals surface area contributed by atoms with Crippen molar-refractivity contribution in [2.45, 2.75) is 0 Å². The van der Waals surface area contributed by atoms with Gasteiger partial charge in [-0.2, -0.15) is 15.0 Å². The summed E-state index contributed by atoms with van der Waals surface area (Å²) in [5.74, 6) is 0.711. The number of carbonyl (C=O) groups excluding carboxylic acids is 1. The monoisotopic (exact) mass is 274 g/mol. The van der Waals surface area contributed by atoms with Crippen molar-refractivity contribution < 1.29 is 9.53 Å². The van der Waals surface area contributed by atoms with Crippen LogP contribution < -0.4 is 21.1 Å². The fourth-order valence-corrected chi connectivity index (χ4v) is 1.48. The molecular weight excluding hydrogens is 260 g/mol. The summed E-state index contributed by atoms with van der Waals surface area (Å²) in [5, 5.41) is 5.28. The molecule has 2 rings (SSSR count). The Bertz CT molecular complexity index is 614. The summed E-state index contributed by atoms with van der Waals surface area (Å²) in [6.45, 7) is 0. The van der Waals surface area contributed by atoms with Crippen LogP contribution >= 0.6 is 0 Å². The number of nitrogen functional groups attached to an aromatic ring is 1. The predicted octanol–water partition coefficient (Wildman–Crippen LogP) is 0.756. The number of hydrogen-bond acceptors (Lipinski definition) is 7. The number of amides is 1. The third-order valence-corrected chi connectivity index (χ3v) is 2.45. The van der Waals surface area contributed by atoms with Gasteiger partial charge in [0.25, 0.3) is 5.91 Å². The Morgan fingerprint density at radius 2 is 1.80 bits per heavy atom. The number of hydrogen-bond donors (Lipinski definition) is 3. The first-order valence-electron chi connectivity index (χ1n) is 5.77. The van der Waals surface area contributed by atoms with Gasteiger partial charge in [-0.1, -0.05) is 0 Å². The van der Waals surface area contributed by atoms with Gasteiger partial charge in [0.05, 0.1) is 7.11 Å². The summed E-state index contributed by atoms with van der Waals surface area (Å²) < 4.78 is 5.02. The summed E-state index contributed by atoms with van der Waals surface area (Å²) >= 11 is 0. The molecule has 8 nitrogen and oxygen atoms in total. The van der Waals surface area contributed by atoms with Gasteiger partial charge in [-0.05, 0) is 24.3 Å². The van der Waals surface area contributed by atoms with Gasteiger partial charge in [0, 0.05) is 12.6 Å². The fraction of sp³-hybridized carbons (Fsp3) is 0.167. The number of anilines is 3. The van der Waals surface area contributed by atoms with Crippen molar-refractivity contribution in [1.82, 2.24) is 15.0 Å². The van der Waals surface area contributed by atoms with E-state index in [0.29, 0.717) is 11.3 Å². The highest BCUT2D eigenvalue weighted by atomic mass is 16.5. The Morgan fingerprint density at radius 3 is 2.40 bits per heavy atom. The van der Waals surface area contributed by atoms with Gasteiger partial charge in [0.2, 0.25) is 17.8 Å². The Kier molecular flexibility index (Phi) is 3.94. The van der Waals surface area contributed by atoms with Crippen LogP contribution in [0.4, 0.5) is 17.8 Å². The number of aromatic nitrogens is 3. The third-order valence-electron chi connectivity index (χ3n) is 2.45. The molecule has 1 heterocycles. The molecule has 0 fully saturated rings. The van der Waals surface area contributed by atoms with E-state index in [0.717, 1.165) is 0 Å². The van der Waals surface area contributed by atoms with E-state index in [1.807, 2.05) is 0 Å². The van der Waals surface area contributed by atoms with E-state index in [9.17, 15) is 4.79 Å². The zero-order chi connectivity index (χ0) is 14.5. The van der Waals surface area contributed by atoms with Crippen LogP contribution in [0.2, 0.25) is 0 Å². The zero-order valence-electron chi connectivity index (χ0n) is 11.0. The quantitative estimate of drug-likeness (QED) is 0.753.